The number of hydrogen-bond acceptors (Lipinski definition) is 8. The molecule has 5 rings (SSSR count). The summed E-state index contributed by atoms with van der Waals surface area (Å²) in [6, 6.07) is 3.14. The van der Waals surface area contributed by atoms with Gasteiger partial charge in [-0.05, 0) is 70.7 Å². The number of halogens is 3. The van der Waals surface area contributed by atoms with Crippen LogP contribution in [-0.4, -0.2) is 80.9 Å². The third-order valence-electron chi connectivity index (χ3n) is 7.92. The second-order valence-corrected chi connectivity index (χ2v) is 12.4. The van der Waals surface area contributed by atoms with Crippen LogP contribution in [0.3, 0.4) is 0 Å². The highest BCUT2D eigenvalue weighted by molar-refractivity contribution is 5.91. The summed E-state index contributed by atoms with van der Waals surface area (Å²) in [5, 5.41) is 7.28. The number of ether oxygens (including phenoxy) is 1. The number of nitrogens with zero attached hydrogens (tertiary/aromatic N) is 7. The van der Waals surface area contributed by atoms with E-state index in [-0.39, 0.29) is 29.1 Å². The Labute approximate surface area is 258 Å². The number of aryl methyl sites for hydroxylation is 1. The molecule has 0 aliphatic carbocycles. The van der Waals surface area contributed by atoms with Crippen molar-refractivity contribution in [3.63, 3.8) is 0 Å². The number of hydrogen-bond donors (Lipinski definition) is 1. The Bertz CT molecular complexity index is 1650. The van der Waals surface area contributed by atoms with E-state index in [0.29, 0.717) is 49.9 Å². The number of benzene rings is 1. The highest BCUT2D eigenvalue weighted by Crippen LogP contribution is 2.32. The number of alkyl halides is 3. The Morgan fingerprint density at radius 3 is 2.24 bits per heavy atom. The number of carbonyl (C=O) groups excluding carboxylic acids is 2. The van der Waals surface area contributed by atoms with Crippen LogP contribution in [0.5, 0.6) is 0 Å². The number of amides is 2. The maximum absolute atomic E-state index is 14.0. The van der Waals surface area contributed by atoms with Gasteiger partial charge in [-0.15, -0.1) is 5.10 Å². The summed E-state index contributed by atoms with van der Waals surface area (Å²) in [5.74, 6) is 0.102. The summed E-state index contributed by atoms with van der Waals surface area (Å²) in [5.41, 5.74) is -0.365. The summed E-state index contributed by atoms with van der Waals surface area (Å²) >= 11 is 0. The first kappa shape index (κ1) is 32.1. The largest absolute Gasteiger partial charge is 0.444 e. The predicted octanol–water partition coefficient (Wildman–Crippen LogP) is 4.08. The van der Waals surface area contributed by atoms with Crippen LogP contribution in [0.15, 0.2) is 23.0 Å². The number of aromatic nitrogens is 4. The van der Waals surface area contributed by atoms with Crippen molar-refractivity contribution < 1.29 is 27.5 Å². The zero-order valence-corrected chi connectivity index (χ0v) is 26.2. The molecule has 0 radical (unpaired) electrons. The van der Waals surface area contributed by atoms with Crippen LogP contribution in [0.1, 0.15) is 57.4 Å². The van der Waals surface area contributed by atoms with E-state index in [1.54, 1.807) is 30.2 Å². The van der Waals surface area contributed by atoms with Gasteiger partial charge in [0.2, 0.25) is 17.6 Å². The molecule has 1 aromatic carbocycles. The molecule has 2 saturated heterocycles. The van der Waals surface area contributed by atoms with Crippen molar-refractivity contribution in [1.29, 1.82) is 0 Å². The number of piperazine rings is 1. The Morgan fingerprint density at radius 1 is 1.00 bits per heavy atom. The molecule has 15 heteroatoms. The quantitative estimate of drug-likeness (QED) is 0.432. The molecule has 244 valence electrons. The maximum atomic E-state index is 14.0. The standard InChI is InChI=1S/C30H39F3N8O4/c1-6-22-24(37-13-15-39(16-14-37)28(44)45-29(3,4)5)25(43)41-27(35-26(36-41)38-11-7-8-12-38)40(22)18-23(42)34-21-10-9-20(17-19(21)2)30(31,32)33/h9-10,17H,6-8,11-16,18H2,1-5H3,(H,34,42). The van der Waals surface area contributed by atoms with E-state index in [0.717, 1.165) is 38.1 Å². The molecule has 1 N–H and O–H groups in total. The fourth-order valence-electron chi connectivity index (χ4n) is 5.72. The molecule has 0 bridgehead atoms. The van der Waals surface area contributed by atoms with Gasteiger partial charge in [-0.25, -0.2) is 4.79 Å². The van der Waals surface area contributed by atoms with Gasteiger partial charge < -0.3 is 29.3 Å². The SMILES string of the molecule is CCc1c(N2CCN(C(=O)OC(C)(C)C)CC2)c(=O)n2nc(N3CCCC3)nc2n1CC(=O)Nc1ccc(C(F)(F)F)cc1C. The van der Waals surface area contributed by atoms with Gasteiger partial charge in [-0.1, -0.05) is 6.92 Å². The van der Waals surface area contributed by atoms with Crippen molar-refractivity contribution in [2.45, 2.75) is 72.2 Å². The Kier molecular flexibility index (Phi) is 8.73. The molecule has 2 amide bonds. The summed E-state index contributed by atoms with van der Waals surface area (Å²) in [6.07, 6.45) is -2.59. The average molecular weight is 633 g/mol. The number of carbonyl (C=O) groups is 2. The molecule has 45 heavy (non-hydrogen) atoms. The van der Waals surface area contributed by atoms with Crippen LogP contribution in [0.4, 0.5) is 35.3 Å². The van der Waals surface area contributed by atoms with Gasteiger partial charge in [0.25, 0.3) is 5.56 Å². The molecule has 2 aliphatic rings. The van der Waals surface area contributed by atoms with Crippen molar-refractivity contribution in [3.05, 3.63) is 45.4 Å². The first-order chi connectivity index (χ1) is 21.2. The maximum Gasteiger partial charge on any atom is 0.416 e. The van der Waals surface area contributed by atoms with Crippen molar-refractivity contribution in [2.24, 2.45) is 0 Å². The molecule has 0 saturated carbocycles. The minimum Gasteiger partial charge on any atom is -0.444 e. The van der Waals surface area contributed by atoms with E-state index < -0.39 is 29.3 Å². The van der Waals surface area contributed by atoms with E-state index >= 15 is 0 Å². The number of fused-ring (bicyclic) bond motifs is 1. The normalized spacial score (nSPS) is 16.0. The molecule has 0 spiro atoms. The summed E-state index contributed by atoms with van der Waals surface area (Å²) in [7, 11) is 0. The van der Waals surface area contributed by atoms with Gasteiger partial charge in [-0.3, -0.25) is 9.59 Å². The molecule has 2 aliphatic heterocycles. The molecule has 0 unspecified atom stereocenters. The van der Waals surface area contributed by atoms with Gasteiger partial charge in [0.15, 0.2) is 0 Å². The molecule has 3 aromatic rings. The third-order valence-corrected chi connectivity index (χ3v) is 7.92. The summed E-state index contributed by atoms with van der Waals surface area (Å²) in [6.45, 7) is 11.4. The molecule has 4 heterocycles. The van der Waals surface area contributed by atoms with Crippen LogP contribution in [0.25, 0.3) is 5.78 Å². The smallest absolute Gasteiger partial charge is 0.416 e. The minimum atomic E-state index is -4.50. The first-order valence-corrected chi connectivity index (χ1v) is 15.1. The summed E-state index contributed by atoms with van der Waals surface area (Å²) in [4.78, 5) is 50.3. The first-order valence-electron chi connectivity index (χ1n) is 15.1. The van der Waals surface area contributed by atoms with E-state index in [2.05, 4.69) is 15.4 Å². The lowest BCUT2D eigenvalue weighted by Crippen LogP contribution is -2.51. The second-order valence-electron chi connectivity index (χ2n) is 12.4. The third kappa shape index (κ3) is 6.86. The van der Waals surface area contributed by atoms with Crippen molar-refractivity contribution in [2.75, 3.05) is 54.4 Å². The van der Waals surface area contributed by atoms with Crippen LogP contribution in [0, 0.1) is 6.92 Å². The van der Waals surface area contributed by atoms with E-state index in [4.69, 9.17) is 4.74 Å². The van der Waals surface area contributed by atoms with E-state index in [9.17, 15) is 27.6 Å². The van der Waals surface area contributed by atoms with Gasteiger partial charge >= 0.3 is 12.3 Å². The van der Waals surface area contributed by atoms with Crippen LogP contribution < -0.4 is 20.7 Å². The highest BCUT2D eigenvalue weighted by atomic mass is 19.4. The van der Waals surface area contributed by atoms with Crippen LogP contribution in [-0.2, 0) is 28.7 Å². The Hall–Kier alpha value is -4.30. The fourth-order valence-corrected chi connectivity index (χ4v) is 5.72. The molecule has 2 fully saturated rings. The number of nitrogens with one attached hydrogen (secondary N) is 1. The van der Waals surface area contributed by atoms with E-state index in [1.807, 2.05) is 16.7 Å². The Balaban J connectivity index is 1.49. The Morgan fingerprint density at radius 2 is 1.67 bits per heavy atom. The van der Waals surface area contributed by atoms with Gasteiger partial charge in [-0.2, -0.15) is 22.7 Å². The average Bonchev–Trinajstić information content (AvgIpc) is 3.65. The lowest BCUT2D eigenvalue weighted by atomic mass is 10.1. The second kappa shape index (κ2) is 12.2. The van der Waals surface area contributed by atoms with Gasteiger partial charge in [0.1, 0.15) is 17.8 Å². The van der Waals surface area contributed by atoms with Crippen LogP contribution in [0.2, 0.25) is 0 Å². The molecular formula is C30H39F3N8O4. The number of anilines is 3. The topological polar surface area (TPSA) is 117 Å². The monoisotopic (exact) mass is 632 g/mol. The summed E-state index contributed by atoms with van der Waals surface area (Å²) < 4.78 is 47.9. The van der Waals surface area contributed by atoms with Crippen molar-refractivity contribution in [1.82, 2.24) is 24.1 Å². The fraction of sp³-hybridized carbons (Fsp3) is 0.567. The van der Waals surface area contributed by atoms with Crippen molar-refractivity contribution in [3.8, 4) is 0 Å². The van der Waals surface area contributed by atoms with Gasteiger partial charge in [0, 0.05) is 45.0 Å². The van der Waals surface area contributed by atoms with E-state index in [1.165, 1.54) is 17.5 Å². The van der Waals surface area contributed by atoms with Gasteiger partial charge in [0.05, 0.1) is 11.3 Å². The minimum absolute atomic E-state index is 0.203. The zero-order chi connectivity index (χ0) is 32.7. The zero-order valence-electron chi connectivity index (χ0n) is 26.2. The predicted molar refractivity (Wildman–Crippen MR) is 163 cm³/mol. The lowest BCUT2D eigenvalue weighted by molar-refractivity contribution is -0.137. The highest BCUT2D eigenvalue weighted by Gasteiger charge is 2.32. The molecule has 2 aromatic heterocycles. The van der Waals surface area contributed by atoms with Crippen LogP contribution >= 0.6 is 0 Å². The molecule has 12 nitrogen and oxygen atoms in total. The lowest BCUT2D eigenvalue weighted by Gasteiger charge is -2.37. The number of rotatable bonds is 6. The van der Waals surface area contributed by atoms with Crippen molar-refractivity contribution >= 4 is 35.1 Å². The molecule has 0 atom stereocenters. The molecular weight excluding hydrogens is 593 g/mol.